The topological polar surface area (TPSA) is 61.4 Å². The van der Waals surface area contributed by atoms with Gasteiger partial charge in [0.15, 0.2) is 0 Å². The minimum atomic E-state index is -0.0135. The number of carbonyl (C=O) groups is 2. The first kappa shape index (κ1) is 16.1. The molecule has 1 fully saturated rings. The molecule has 7 heteroatoms. The summed E-state index contributed by atoms with van der Waals surface area (Å²) >= 11 is 1.50. The fraction of sp³-hybridized carbons (Fsp3) is 0.429. The number of rotatable bonds is 2. The van der Waals surface area contributed by atoms with Crippen molar-refractivity contribution in [1.82, 2.24) is 10.2 Å². The molecule has 2 N–H and O–H groups in total. The summed E-state index contributed by atoms with van der Waals surface area (Å²) in [4.78, 5) is 26.7. The molecule has 0 aliphatic carbocycles. The van der Waals surface area contributed by atoms with E-state index in [1.807, 2.05) is 19.2 Å². The smallest absolute Gasteiger partial charge is 0.253 e. The van der Waals surface area contributed by atoms with Gasteiger partial charge in [0.2, 0.25) is 5.91 Å². The van der Waals surface area contributed by atoms with Crippen LogP contribution in [0.15, 0.2) is 23.1 Å². The number of halogens is 1. The van der Waals surface area contributed by atoms with E-state index in [-0.39, 0.29) is 30.3 Å². The molecule has 2 heterocycles. The normalized spacial score (nSPS) is 20.2. The van der Waals surface area contributed by atoms with Gasteiger partial charge in [0.1, 0.15) is 0 Å². The van der Waals surface area contributed by atoms with Gasteiger partial charge in [-0.15, -0.1) is 24.2 Å². The van der Waals surface area contributed by atoms with Crippen LogP contribution in [0.5, 0.6) is 0 Å². The van der Waals surface area contributed by atoms with Crippen molar-refractivity contribution in [1.29, 1.82) is 0 Å². The van der Waals surface area contributed by atoms with Crippen molar-refractivity contribution < 1.29 is 9.59 Å². The highest BCUT2D eigenvalue weighted by atomic mass is 35.5. The number of nitrogens with zero attached hydrogens (tertiary/aromatic N) is 1. The summed E-state index contributed by atoms with van der Waals surface area (Å²) in [5, 5.41) is 6.08. The van der Waals surface area contributed by atoms with Crippen molar-refractivity contribution in [3.8, 4) is 0 Å². The third-order valence-electron chi connectivity index (χ3n) is 3.76. The van der Waals surface area contributed by atoms with Crippen molar-refractivity contribution in [2.24, 2.45) is 0 Å². The maximum atomic E-state index is 12.5. The molecule has 2 amide bonds. The zero-order valence-corrected chi connectivity index (χ0v) is 13.4. The highest BCUT2D eigenvalue weighted by Gasteiger charge is 2.25. The van der Waals surface area contributed by atoms with Crippen LogP contribution in [0.1, 0.15) is 16.8 Å². The maximum absolute atomic E-state index is 12.5. The molecule has 0 saturated carbocycles. The molecule has 1 unspecified atom stereocenters. The van der Waals surface area contributed by atoms with E-state index in [2.05, 4.69) is 10.6 Å². The predicted octanol–water partition coefficient (Wildman–Crippen LogP) is 1.59. The van der Waals surface area contributed by atoms with Crippen molar-refractivity contribution >= 4 is 41.7 Å². The van der Waals surface area contributed by atoms with Gasteiger partial charge >= 0.3 is 0 Å². The van der Waals surface area contributed by atoms with Gasteiger partial charge < -0.3 is 15.5 Å². The van der Waals surface area contributed by atoms with Crippen LogP contribution in [0.25, 0.3) is 0 Å². The molecule has 2 aliphatic rings. The Labute approximate surface area is 134 Å². The lowest BCUT2D eigenvalue weighted by Crippen LogP contribution is -2.38. The van der Waals surface area contributed by atoms with E-state index in [1.54, 1.807) is 11.0 Å². The SMILES string of the molecule is CN(C(=O)c1ccc2c(c1)NC(=O)CS2)C1CCNC1.Cl. The minimum Gasteiger partial charge on any atom is -0.337 e. The minimum absolute atomic E-state index is 0. The molecule has 1 saturated heterocycles. The molecule has 1 aromatic carbocycles. The van der Waals surface area contributed by atoms with Crippen molar-refractivity contribution in [2.45, 2.75) is 17.4 Å². The summed E-state index contributed by atoms with van der Waals surface area (Å²) in [7, 11) is 1.84. The standard InChI is InChI=1S/C14H17N3O2S.ClH/c1-17(10-4-5-15-7-10)14(19)9-2-3-12-11(6-9)16-13(18)8-20-12;/h2-3,6,10,15H,4-5,7-8H2,1H3,(H,16,18);1H. The van der Waals surface area contributed by atoms with Gasteiger partial charge in [0, 0.05) is 30.1 Å². The summed E-state index contributed by atoms with van der Waals surface area (Å²) in [6, 6.07) is 5.78. The molecule has 3 rings (SSSR count). The number of benzene rings is 1. The molecule has 0 aromatic heterocycles. The molecular weight excluding hydrogens is 310 g/mol. The van der Waals surface area contributed by atoms with Crippen LogP contribution in [-0.2, 0) is 4.79 Å². The van der Waals surface area contributed by atoms with E-state index in [0.717, 1.165) is 30.1 Å². The Morgan fingerprint density at radius 1 is 1.43 bits per heavy atom. The van der Waals surface area contributed by atoms with Gasteiger partial charge in [-0.1, -0.05) is 0 Å². The Kier molecular flexibility index (Phi) is 5.13. The maximum Gasteiger partial charge on any atom is 0.253 e. The summed E-state index contributed by atoms with van der Waals surface area (Å²) in [6.07, 6.45) is 0.986. The Hall–Kier alpha value is -1.24. The molecule has 0 radical (unpaired) electrons. The van der Waals surface area contributed by atoms with Gasteiger partial charge in [-0.25, -0.2) is 0 Å². The zero-order valence-electron chi connectivity index (χ0n) is 11.7. The number of carbonyl (C=O) groups excluding carboxylic acids is 2. The highest BCUT2D eigenvalue weighted by Crippen LogP contribution is 2.32. The van der Waals surface area contributed by atoms with E-state index >= 15 is 0 Å². The third-order valence-corrected chi connectivity index (χ3v) is 4.84. The fourth-order valence-electron chi connectivity index (χ4n) is 2.56. The Morgan fingerprint density at radius 2 is 2.24 bits per heavy atom. The molecule has 5 nitrogen and oxygen atoms in total. The average molecular weight is 328 g/mol. The second-order valence-corrected chi connectivity index (χ2v) is 6.13. The predicted molar refractivity (Wildman–Crippen MR) is 86.4 cm³/mol. The van der Waals surface area contributed by atoms with Crippen LogP contribution >= 0.6 is 24.2 Å². The van der Waals surface area contributed by atoms with Gasteiger partial charge in [0.05, 0.1) is 11.4 Å². The molecule has 0 spiro atoms. The molecule has 114 valence electrons. The second kappa shape index (κ2) is 6.68. The van der Waals surface area contributed by atoms with E-state index in [0.29, 0.717) is 11.3 Å². The average Bonchev–Trinajstić information content (AvgIpc) is 2.99. The molecular formula is C14H18ClN3O2S. The number of hydrogen-bond acceptors (Lipinski definition) is 4. The number of nitrogens with one attached hydrogen (secondary N) is 2. The van der Waals surface area contributed by atoms with Crippen molar-refractivity contribution in [2.75, 3.05) is 31.2 Å². The molecule has 0 bridgehead atoms. The Bertz CT molecular complexity index is 561. The summed E-state index contributed by atoms with van der Waals surface area (Å²) in [5.41, 5.74) is 1.37. The number of amides is 2. The van der Waals surface area contributed by atoms with Crippen molar-refractivity contribution in [3.63, 3.8) is 0 Å². The van der Waals surface area contributed by atoms with Crippen LogP contribution < -0.4 is 10.6 Å². The van der Waals surface area contributed by atoms with Gasteiger partial charge in [0.25, 0.3) is 5.91 Å². The van der Waals surface area contributed by atoms with Gasteiger partial charge in [-0.2, -0.15) is 0 Å². The van der Waals surface area contributed by atoms with Crippen LogP contribution in [0, 0.1) is 0 Å². The first-order chi connectivity index (χ1) is 9.65. The Balaban J connectivity index is 0.00000161. The van der Waals surface area contributed by atoms with Crippen molar-refractivity contribution in [3.05, 3.63) is 23.8 Å². The lowest BCUT2D eigenvalue weighted by atomic mass is 10.1. The lowest BCUT2D eigenvalue weighted by molar-refractivity contribution is -0.113. The fourth-order valence-corrected chi connectivity index (χ4v) is 3.34. The number of hydrogen-bond donors (Lipinski definition) is 2. The quantitative estimate of drug-likeness (QED) is 0.866. The molecule has 1 aromatic rings. The van der Waals surface area contributed by atoms with E-state index in [1.165, 1.54) is 11.8 Å². The first-order valence-electron chi connectivity index (χ1n) is 6.70. The summed E-state index contributed by atoms with van der Waals surface area (Å²) < 4.78 is 0. The largest absolute Gasteiger partial charge is 0.337 e. The third kappa shape index (κ3) is 3.33. The number of fused-ring (bicyclic) bond motifs is 1. The van der Waals surface area contributed by atoms with Gasteiger partial charge in [-0.05, 0) is 31.2 Å². The molecule has 21 heavy (non-hydrogen) atoms. The summed E-state index contributed by atoms with van der Waals surface area (Å²) in [6.45, 7) is 1.80. The lowest BCUT2D eigenvalue weighted by Gasteiger charge is -2.24. The van der Waals surface area contributed by atoms with E-state index in [4.69, 9.17) is 0 Å². The number of anilines is 1. The Morgan fingerprint density at radius 3 is 2.95 bits per heavy atom. The molecule has 2 aliphatic heterocycles. The summed E-state index contributed by atoms with van der Waals surface area (Å²) in [5.74, 6) is 0.431. The van der Waals surface area contributed by atoms with E-state index < -0.39 is 0 Å². The van der Waals surface area contributed by atoms with Crippen LogP contribution in [0.2, 0.25) is 0 Å². The second-order valence-electron chi connectivity index (χ2n) is 5.11. The number of thioether (sulfide) groups is 1. The van der Waals surface area contributed by atoms with E-state index in [9.17, 15) is 9.59 Å². The van der Waals surface area contributed by atoms with Crippen LogP contribution in [0.3, 0.4) is 0 Å². The monoisotopic (exact) mass is 327 g/mol. The van der Waals surface area contributed by atoms with Crippen LogP contribution in [-0.4, -0.2) is 48.6 Å². The highest BCUT2D eigenvalue weighted by molar-refractivity contribution is 8.00. The van der Waals surface area contributed by atoms with Gasteiger partial charge in [-0.3, -0.25) is 9.59 Å². The van der Waals surface area contributed by atoms with Crippen LogP contribution in [0.4, 0.5) is 5.69 Å². The number of likely N-dealkylation sites (N-methyl/N-ethyl adjacent to an activating group) is 1. The molecule has 1 atom stereocenters. The first-order valence-corrected chi connectivity index (χ1v) is 7.68. The zero-order chi connectivity index (χ0) is 14.1.